The smallest absolute Gasteiger partial charge is 0.207 e. The third kappa shape index (κ3) is 2.71. The minimum atomic E-state index is -3.67. The van der Waals surface area contributed by atoms with Crippen molar-refractivity contribution in [3.63, 3.8) is 0 Å². The lowest BCUT2D eigenvalue weighted by atomic mass is 10.1. The van der Waals surface area contributed by atoms with Gasteiger partial charge >= 0.3 is 0 Å². The summed E-state index contributed by atoms with van der Waals surface area (Å²) in [6.07, 6.45) is 1.55. The predicted octanol–water partition coefficient (Wildman–Crippen LogP) is 3.10. The van der Waals surface area contributed by atoms with Crippen LogP contribution in [0.2, 0.25) is 0 Å². The zero-order valence-electron chi connectivity index (χ0n) is 11.6. The Morgan fingerprint density at radius 2 is 1.76 bits per heavy atom. The van der Waals surface area contributed by atoms with Crippen molar-refractivity contribution in [1.29, 1.82) is 0 Å². The summed E-state index contributed by atoms with van der Waals surface area (Å²) in [5.41, 5.74) is 0.862. The number of halogens is 1. The van der Waals surface area contributed by atoms with Crippen molar-refractivity contribution >= 4 is 10.0 Å². The van der Waals surface area contributed by atoms with Crippen LogP contribution in [-0.2, 0) is 15.6 Å². The molecule has 3 rings (SSSR count). The molecule has 0 heterocycles. The maximum absolute atomic E-state index is 13.1. The summed E-state index contributed by atoms with van der Waals surface area (Å²) >= 11 is 0. The fourth-order valence-electron chi connectivity index (χ4n) is 2.56. The summed E-state index contributed by atoms with van der Waals surface area (Å²) in [6.45, 7) is 1.60. The van der Waals surface area contributed by atoms with Gasteiger partial charge in [-0.3, -0.25) is 0 Å². The van der Waals surface area contributed by atoms with E-state index in [9.17, 15) is 12.8 Å². The first-order valence-electron chi connectivity index (χ1n) is 6.79. The van der Waals surface area contributed by atoms with Gasteiger partial charge in [-0.2, -0.15) is 0 Å². The van der Waals surface area contributed by atoms with Gasteiger partial charge in [0.15, 0.2) is 0 Å². The molecule has 21 heavy (non-hydrogen) atoms. The number of hydrogen-bond acceptors (Lipinski definition) is 2. The minimum absolute atomic E-state index is 0.131. The molecule has 3 nitrogen and oxygen atoms in total. The molecule has 1 aliphatic rings. The van der Waals surface area contributed by atoms with Crippen molar-refractivity contribution in [1.82, 2.24) is 4.72 Å². The van der Waals surface area contributed by atoms with Gasteiger partial charge in [0.2, 0.25) is 10.0 Å². The van der Waals surface area contributed by atoms with Gasteiger partial charge in [0, 0.05) is 0 Å². The first-order valence-corrected chi connectivity index (χ1v) is 8.27. The Labute approximate surface area is 123 Å². The summed E-state index contributed by atoms with van der Waals surface area (Å²) in [7, 11) is -3.67. The third-order valence-electron chi connectivity index (χ3n) is 3.83. The van der Waals surface area contributed by atoms with Gasteiger partial charge in [-0.1, -0.05) is 30.3 Å². The highest BCUT2D eigenvalue weighted by atomic mass is 32.2. The molecule has 1 aliphatic carbocycles. The topological polar surface area (TPSA) is 46.2 Å². The average molecular weight is 305 g/mol. The molecule has 2 aromatic carbocycles. The fraction of sp³-hybridized carbons (Fsp3) is 0.250. The molecule has 0 atom stereocenters. The van der Waals surface area contributed by atoms with E-state index in [0.29, 0.717) is 5.56 Å². The lowest BCUT2D eigenvalue weighted by Crippen LogP contribution is -2.35. The van der Waals surface area contributed by atoms with E-state index < -0.39 is 21.4 Å². The number of benzene rings is 2. The Morgan fingerprint density at radius 3 is 2.33 bits per heavy atom. The van der Waals surface area contributed by atoms with Gasteiger partial charge in [-0.25, -0.2) is 17.5 Å². The van der Waals surface area contributed by atoms with Crippen molar-refractivity contribution < 1.29 is 12.8 Å². The number of rotatable bonds is 4. The van der Waals surface area contributed by atoms with Gasteiger partial charge in [0.25, 0.3) is 0 Å². The van der Waals surface area contributed by atoms with Crippen molar-refractivity contribution in [3.8, 4) is 0 Å². The van der Waals surface area contributed by atoms with Crippen LogP contribution in [0.25, 0.3) is 0 Å². The highest BCUT2D eigenvalue weighted by Crippen LogP contribution is 2.46. The van der Waals surface area contributed by atoms with Crippen LogP contribution in [0, 0.1) is 12.7 Å². The van der Waals surface area contributed by atoms with E-state index in [-0.39, 0.29) is 4.90 Å². The summed E-state index contributed by atoms with van der Waals surface area (Å²) in [5, 5.41) is 0. The van der Waals surface area contributed by atoms with Gasteiger partial charge in [-0.15, -0.1) is 0 Å². The average Bonchev–Trinajstić information content (AvgIpc) is 3.19. The van der Waals surface area contributed by atoms with Gasteiger partial charge < -0.3 is 0 Å². The molecule has 0 amide bonds. The molecule has 0 aliphatic heterocycles. The third-order valence-corrected chi connectivity index (χ3v) is 5.53. The minimum Gasteiger partial charge on any atom is -0.207 e. The predicted molar refractivity (Wildman–Crippen MR) is 78.8 cm³/mol. The summed E-state index contributed by atoms with van der Waals surface area (Å²) in [4.78, 5) is 0.131. The van der Waals surface area contributed by atoms with Crippen molar-refractivity contribution in [2.45, 2.75) is 30.2 Å². The standard InChI is InChI=1S/C16H16FNO2S/c1-12-11-14(17)7-8-15(12)21(19,20)18-16(9-10-16)13-5-3-2-4-6-13/h2-8,11,18H,9-10H2,1H3. The number of nitrogens with one attached hydrogen (secondary N) is 1. The zero-order chi connectivity index (χ0) is 15.1. The van der Waals surface area contributed by atoms with Crippen LogP contribution >= 0.6 is 0 Å². The van der Waals surface area contributed by atoms with E-state index in [1.165, 1.54) is 18.2 Å². The van der Waals surface area contributed by atoms with Crippen LogP contribution in [-0.4, -0.2) is 8.42 Å². The molecular weight excluding hydrogens is 289 g/mol. The Kier molecular flexibility index (Phi) is 3.34. The van der Waals surface area contributed by atoms with Crippen LogP contribution < -0.4 is 4.72 Å². The van der Waals surface area contributed by atoms with Crippen molar-refractivity contribution in [2.24, 2.45) is 0 Å². The molecule has 0 aromatic heterocycles. The second kappa shape index (κ2) is 4.93. The summed E-state index contributed by atoms with van der Waals surface area (Å²) in [6, 6.07) is 13.3. The first kappa shape index (κ1) is 14.2. The molecule has 2 aromatic rings. The molecule has 0 saturated heterocycles. The van der Waals surface area contributed by atoms with Crippen LogP contribution in [0.15, 0.2) is 53.4 Å². The van der Waals surface area contributed by atoms with E-state index in [1.807, 2.05) is 30.3 Å². The van der Waals surface area contributed by atoms with Crippen LogP contribution in [0.4, 0.5) is 4.39 Å². The highest BCUT2D eigenvalue weighted by molar-refractivity contribution is 7.89. The Balaban J connectivity index is 1.94. The van der Waals surface area contributed by atoms with Gasteiger partial charge in [0.1, 0.15) is 5.82 Å². The summed E-state index contributed by atoms with van der Waals surface area (Å²) in [5.74, 6) is -0.435. The largest absolute Gasteiger partial charge is 0.241 e. The number of aryl methyl sites for hydroxylation is 1. The Hall–Kier alpha value is -1.72. The second-order valence-corrected chi connectivity index (χ2v) is 7.11. The van der Waals surface area contributed by atoms with Crippen LogP contribution in [0.5, 0.6) is 0 Å². The molecule has 0 spiro atoms. The molecule has 0 bridgehead atoms. The molecule has 5 heteroatoms. The number of hydrogen-bond donors (Lipinski definition) is 1. The summed E-state index contributed by atoms with van der Waals surface area (Å²) < 4.78 is 41.0. The van der Waals surface area contributed by atoms with E-state index in [0.717, 1.165) is 18.4 Å². The molecule has 0 unspecified atom stereocenters. The van der Waals surface area contributed by atoms with E-state index in [4.69, 9.17) is 0 Å². The lowest BCUT2D eigenvalue weighted by molar-refractivity contribution is 0.550. The number of sulfonamides is 1. The maximum Gasteiger partial charge on any atom is 0.241 e. The molecular formula is C16H16FNO2S. The lowest BCUT2D eigenvalue weighted by Gasteiger charge is -2.19. The van der Waals surface area contributed by atoms with Gasteiger partial charge in [0.05, 0.1) is 10.4 Å². The SMILES string of the molecule is Cc1cc(F)ccc1S(=O)(=O)NC1(c2ccccc2)CC1. The first-order chi connectivity index (χ1) is 9.93. The molecule has 1 saturated carbocycles. The molecule has 110 valence electrons. The monoisotopic (exact) mass is 305 g/mol. The Bertz CT molecular complexity index is 768. The van der Waals surface area contributed by atoms with Crippen molar-refractivity contribution in [3.05, 3.63) is 65.5 Å². The quantitative estimate of drug-likeness (QED) is 0.943. The molecule has 0 radical (unpaired) electrons. The van der Waals surface area contributed by atoms with Crippen molar-refractivity contribution in [2.75, 3.05) is 0 Å². The maximum atomic E-state index is 13.1. The van der Waals surface area contributed by atoms with Gasteiger partial charge in [-0.05, 0) is 49.1 Å². The second-order valence-electron chi connectivity index (χ2n) is 5.46. The molecule has 1 fully saturated rings. The fourth-order valence-corrected chi connectivity index (χ4v) is 4.23. The highest BCUT2D eigenvalue weighted by Gasteiger charge is 2.47. The van der Waals surface area contributed by atoms with E-state index in [1.54, 1.807) is 6.92 Å². The van der Waals surface area contributed by atoms with E-state index in [2.05, 4.69) is 4.72 Å². The van der Waals surface area contributed by atoms with E-state index >= 15 is 0 Å². The van der Waals surface area contributed by atoms with Crippen LogP contribution in [0.1, 0.15) is 24.0 Å². The Morgan fingerprint density at radius 1 is 1.10 bits per heavy atom. The molecule has 1 N–H and O–H groups in total. The normalized spacial score (nSPS) is 16.7. The van der Waals surface area contributed by atoms with Crippen LogP contribution in [0.3, 0.4) is 0 Å². The zero-order valence-corrected chi connectivity index (χ0v) is 12.5.